The topological polar surface area (TPSA) is 9.23 Å². The molecule has 0 spiro atoms. The maximum absolute atomic E-state index is 6.03. The number of fused-ring (bicyclic) bond motifs is 2. The Hall–Kier alpha value is -0.903. The van der Waals surface area contributed by atoms with Crippen molar-refractivity contribution in [2.45, 2.75) is 11.1 Å². The fourth-order valence-electron chi connectivity index (χ4n) is 3.44. The summed E-state index contributed by atoms with van der Waals surface area (Å²) in [7, 11) is 0.836. The van der Waals surface area contributed by atoms with E-state index in [1.165, 1.54) is 22.3 Å². The fourth-order valence-corrected chi connectivity index (χ4v) is 6.05. The number of allylic oxidation sites excluding steroid dienone is 2. The van der Waals surface area contributed by atoms with Gasteiger partial charge in [0.05, 0.1) is 0 Å². The van der Waals surface area contributed by atoms with Gasteiger partial charge in [0.2, 0.25) is 9.04 Å². The van der Waals surface area contributed by atoms with Crippen molar-refractivity contribution in [3.8, 4) is 0 Å². The third kappa shape index (κ3) is 2.59. The molecule has 1 radical (unpaired) electrons. The van der Waals surface area contributed by atoms with Crippen molar-refractivity contribution >= 4 is 21.2 Å². The molecule has 0 fully saturated rings. The molecular formula is C19H17NaOSi+. The summed E-state index contributed by atoms with van der Waals surface area (Å²) in [6.45, 7) is 0. The molecule has 0 aliphatic heterocycles. The van der Waals surface area contributed by atoms with Crippen molar-refractivity contribution in [1.29, 1.82) is 0 Å². The molecule has 0 saturated heterocycles. The van der Waals surface area contributed by atoms with Crippen LogP contribution in [-0.2, 0) is 4.43 Å². The third-order valence-electron chi connectivity index (χ3n) is 4.45. The summed E-state index contributed by atoms with van der Waals surface area (Å²) >= 11 is 0. The van der Waals surface area contributed by atoms with E-state index < -0.39 is 9.04 Å². The molecule has 0 bridgehead atoms. The number of benzene rings is 2. The Kier molecular flexibility index (Phi) is 4.86. The summed E-state index contributed by atoms with van der Waals surface area (Å²) in [4.78, 5) is 0. The average molecular weight is 312 g/mol. The molecule has 0 aromatic heterocycles. The maximum atomic E-state index is 6.03. The van der Waals surface area contributed by atoms with Gasteiger partial charge in [-0.25, -0.2) is 0 Å². The Morgan fingerprint density at radius 1 is 0.773 bits per heavy atom. The summed E-state index contributed by atoms with van der Waals surface area (Å²) in [6, 6.07) is 17.4. The summed E-state index contributed by atoms with van der Waals surface area (Å²) in [5.41, 5.74) is 6.39. The molecule has 0 heterocycles. The molecule has 2 unspecified atom stereocenters. The minimum absolute atomic E-state index is 0. The fraction of sp³-hybridized carbons (Fsp3) is 0.158. The Labute approximate surface area is 155 Å². The monoisotopic (exact) mass is 312 g/mol. The molecule has 1 nitrogen and oxygen atoms in total. The quantitative estimate of drug-likeness (QED) is 0.777. The van der Waals surface area contributed by atoms with Gasteiger partial charge in [-0.1, -0.05) is 72.8 Å². The molecule has 103 valence electrons. The van der Waals surface area contributed by atoms with E-state index in [0.717, 1.165) is 0 Å². The van der Waals surface area contributed by atoms with Gasteiger partial charge in [0.25, 0.3) is 0 Å². The molecule has 22 heavy (non-hydrogen) atoms. The van der Waals surface area contributed by atoms with Gasteiger partial charge >= 0.3 is 29.6 Å². The molecule has 2 aliphatic rings. The van der Waals surface area contributed by atoms with Crippen molar-refractivity contribution in [2.24, 2.45) is 0 Å². The van der Waals surface area contributed by atoms with Gasteiger partial charge < -0.3 is 4.43 Å². The predicted molar refractivity (Wildman–Crippen MR) is 89.2 cm³/mol. The maximum Gasteiger partial charge on any atom is 1.00 e. The van der Waals surface area contributed by atoms with Gasteiger partial charge in [0, 0.05) is 18.2 Å². The number of rotatable bonds is 3. The molecule has 3 heteroatoms. The normalized spacial score (nSPS) is 20.8. The number of hydrogen-bond acceptors (Lipinski definition) is 1. The van der Waals surface area contributed by atoms with Crippen molar-refractivity contribution in [2.75, 3.05) is 7.11 Å². The first-order valence-corrected chi connectivity index (χ1v) is 8.90. The second-order valence-corrected chi connectivity index (χ2v) is 7.99. The van der Waals surface area contributed by atoms with Crippen LogP contribution in [0.3, 0.4) is 0 Å². The van der Waals surface area contributed by atoms with Gasteiger partial charge in [0.1, 0.15) is 0 Å². The zero-order valence-electron chi connectivity index (χ0n) is 13.0. The number of hydrogen-bond donors (Lipinski definition) is 0. The van der Waals surface area contributed by atoms with Crippen LogP contribution in [0.5, 0.6) is 0 Å². The summed E-state index contributed by atoms with van der Waals surface area (Å²) in [6.07, 6.45) is 9.15. The van der Waals surface area contributed by atoms with Crippen molar-refractivity contribution in [1.82, 2.24) is 0 Å². The molecule has 2 aromatic rings. The standard InChI is InChI=1S/C19H17OSi.Na/c1-20-21(18-12-10-14-6-2-4-8-16(14)18)19-13-11-15-7-3-5-9-17(15)19;/h2-13,18-19H,1H3;/q;+1. The average Bonchev–Trinajstić information content (AvgIpc) is 3.14. The minimum Gasteiger partial charge on any atom is -0.418 e. The van der Waals surface area contributed by atoms with Gasteiger partial charge in [0.15, 0.2) is 0 Å². The van der Waals surface area contributed by atoms with Crippen LogP contribution >= 0.6 is 0 Å². The van der Waals surface area contributed by atoms with Gasteiger partial charge in [-0.2, -0.15) is 0 Å². The van der Waals surface area contributed by atoms with Crippen LogP contribution in [-0.4, -0.2) is 16.2 Å². The third-order valence-corrected chi connectivity index (χ3v) is 7.15. The molecule has 4 rings (SSSR count). The molecule has 2 aliphatic carbocycles. The van der Waals surface area contributed by atoms with Crippen LogP contribution in [0.25, 0.3) is 12.2 Å². The predicted octanol–water partition coefficient (Wildman–Crippen LogP) is 1.33. The summed E-state index contributed by atoms with van der Waals surface area (Å²) in [5.74, 6) is 0. The molecule has 2 atom stereocenters. The first kappa shape index (κ1) is 16.0. The zero-order valence-corrected chi connectivity index (χ0v) is 16.0. The largest absolute Gasteiger partial charge is 1.00 e. The van der Waals surface area contributed by atoms with Gasteiger partial charge in [-0.05, 0) is 22.3 Å². The first-order chi connectivity index (χ1) is 10.4. The van der Waals surface area contributed by atoms with E-state index in [-0.39, 0.29) is 29.6 Å². The Morgan fingerprint density at radius 3 is 1.68 bits per heavy atom. The molecule has 0 saturated carbocycles. The van der Waals surface area contributed by atoms with Crippen LogP contribution in [0.4, 0.5) is 0 Å². The van der Waals surface area contributed by atoms with Crippen LogP contribution in [0.1, 0.15) is 33.3 Å². The molecule has 0 N–H and O–H groups in total. The van der Waals surface area contributed by atoms with E-state index in [1.807, 2.05) is 7.11 Å². The van der Waals surface area contributed by atoms with E-state index in [0.29, 0.717) is 11.1 Å². The SMILES string of the molecule is CO[Si](C1C=Cc2ccccc21)C1C=Cc2ccccc21.[Na+]. The Bertz CT molecular complexity index is 676. The summed E-state index contributed by atoms with van der Waals surface area (Å²) < 4.78 is 6.03. The van der Waals surface area contributed by atoms with Crippen molar-refractivity contribution in [3.05, 3.63) is 82.9 Å². The Morgan fingerprint density at radius 2 is 1.23 bits per heavy atom. The minimum atomic E-state index is -1.04. The van der Waals surface area contributed by atoms with Crippen LogP contribution in [0.2, 0.25) is 0 Å². The van der Waals surface area contributed by atoms with Crippen molar-refractivity contribution < 1.29 is 34.0 Å². The molecule has 0 amide bonds. The molecule has 2 aromatic carbocycles. The second kappa shape index (κ2) is 6.69. The van der Waals surface area contributed by atoms with E-state index in [4.69, 9.17) is 4.43 Å². The van der Waals surface area contributed by atoms with E-state index in [2.05, 4.69) is 72.8 Å². The van der Waals surface area contributed by atoms with Crippen LogP contribution in [0.15, 0.2) is 60.7 Å². The van der Waals surface area contributed by atoms with E-state index in [1.54, 1.807) is 0 Å². The zero-order chi connectivity index (χ0) is 14.2. The molecular weight excluding hydrogens is 295 g/mol. The van der Waals surface area contributed by atoms with Crippen LogP contribution in [0, 0.1) is 0 Å². The van der Waals surface area contributed by atoms with E-state index >= 15 is 0 Å². The first-order valence-electron chi connectivity index (χ1n) is 7.33. The van der Waals surface area contributed by atoms with Gasteiger partial charge in [-0.3, -0.25) is 0 Å². The van der Waals surface area contributed by atoms with Gasteiger partial charge in [-0.15, -0.1) is 0 Å². The van der Waals surface area contributed by atoms with E-state index in [9.17, 15) is 0 Å². The Balaban J connectivity index is 0.00000144. The smallest absolute Gasteiger partial charge is 0.418 e. The summed E-state index contributed by atoms with van der Waals surface area (Å²) in [5, 5.41) is 0. The second-order valence-electron chi connectivity index (χ2n) is 5.54. The van der Waals surface area contributed by atoms with Crippen LogP contribution < -0.4 is 29.6 Å². The van der Waals surface area contributed by atoms with Crippen molar-refractivity contribution in [3.63, 3.8) is 0 Å².